The topological polar surface area (TPSA) is 43.1 Å². The van der Waals surface area contributed by atoms with Crippen molar-refractivity contribution < 1.29 is 0 Å². The van der Waals surface area contributed by atoms with E-state index in [9.17, 15) is 0 Å². The summed E-state index contributed by atoms with van der Waals surface area (Å²) in [5, 5.41) is 4.13. The third-order valence-electron chi connectivity index (χ3n) is 2.08. The Bertz CT molecular complexity index is 430. The van der Waals surface area contributed by atoms with Crippen LogP contribution in [0.15, 0.2) is 12.5 Å². The molecule has 0 spiro atoms. The van der Waals surface area contributed by atoms with Crippen molar-refractivity contribution >= 4 is 5.52 Å². The summed E-state index contributed by atoms with van der Waals surface area (Å²) in [7, 11) is 0. The predicted molar refractivity (Wildman–Crippen MR) is 49.6 cm³/mol. The molecule has 0 bridgehead atoms. The van der Waals surface area contributed by atoms with Crippen LogP contribution in [0.2, 0.25) is 0 Å². The maximum atomic E-state index is 4.25. The Labute approximate surface area is 76.6 Å². The van der Waals surface area contributed by atoms with Crippen LogP contribution in [0.4, 0.5) is 0 Å². The van der Waals surface area contributed by atoms with E-state index < -0.39 is 0 Å². The summed E-state index contributed by atoms with van der Waals surface area (Å²) in [5.74, 6) is 1.31. The zero-order valence-electron chi connectivity index (χ0n) is 8.02. The van der Waals surface area contributed by atoms with Gasteiger partial charge in [0.05, 0.1) is 11.9 Å². The molecule has 2 aromatic heterocycles. The minimum atomic E-state index is 0.404. The van der Waals surface area contributed by atoms with Gasteiger partial charge in [0, 0.05) is 0 Å². The van der Waals surface area contributed by atoms with Gasteiger partial charge in [0.2, 0.25) is 0 Å². The first kappa shape index (κ1) is 8.16. The molecule has 68 valence electrons. The lowest BCUT2D eigenvalue weighted by Gasteiger charge is -2.04. The molecule has 0 saturated carbocycles. The number of hydrogen-bond donors (Lipinski definition) is 0. The number of nitrogens with zero attached hydrogens (tertiary/aromatic N) is 4. The van der Waals surface area contributed by atoms with Crippen LogP contribution in [0, 0.1) is 6.92 Å². The molecule has 0 unspecified atom stereocenters. The fraction of sp³-hybridized carbons (Fsp3) is 0.444. The first-order valence-corrected chi connectivity index (χ1v) is 4.35. The molecule has 0 N–H and O–H groups in total. The van der Waals surface area contributed by atoms with E-state index in [0.29, 0.717) is 5.92 Å². The summed E-state index contributed by atoms with van der Waals surface area (Å²) in [6, 6.07) is 0. The van der Waals surface area contributed by atoms with Gasteiger partial charge in [-0.25, -0.2) is 14.5 Å². The number of imidazole rings is 1. The molecule has 0 atom stereocenters. The molecule has 13 heavy (non-hydrogen) atoms. The Kier molecular flexibility index (Phi) is 1.76. The lowest BCUT2D eigenvalue weighted by atomic mass is 10.1. The van der Waals surface area contributed by atoms with Crippen LogP contribution in [-0.4, -0.2) is 19.6 Å². The molecule has 0 saturated heterocycles. The predicted octanol–water partition coefficient (Wildman–Crippen LogP) is 1.56. The molecule has 0 aliphatic rings. The Hall–Kier alpha value is -1.45. The van der Waals surface area contributed by atoms with Crippen LogP contribution >= 0.6 is 0 Å². The summed E-state index contributed by atoms with van der Waals surface area (Å²) in [6.45, 7) is 6.17. The molecule has 0 fully saturated rings. The standard InChI is InChI=1S/C9H12N4/c1-6(2)9-8-4-10-7(3)13(8)12-5-11-9/h4-6H,1-3H3. The van der Waals surface area contributed by atoms with Gasteiger partial charge in [0.25, 0.3) is 0 Å². The van der Waals surface area contributed by atoms with Crippen molar-refractivity contribution in [3.05, 3.63) is 24.0 Å². The van der Waals surface area contributed by atoms with E-state index in [1.54, 1.807) is 6.33 Å². The lowest BCUT2D eigenvalue weighted by molar-refractivity contribution is 0.774. The van der Waals surface area contributed by atoms with E-state index >= 15 is 0 Å². The molecular formula is C9H12N4. The monoisotopic (exact) mass is 176 g/mol. The van der Waals surface area contributed by atoms with Crippen molar-refractivity contribution in [2.75, 3.05) is 0 Å². The van der Waals surface area contributed by atoms with Crippen LogP contribution in [0.1, 0.15) is 31.3 Å². The highest BCUT2D eigenvalue weighted by molar-refractivity contribution is 5.50. The van der Waals surface area contributed by atoms with Gasteiger partial charge in [0.15, 0.2) is 0 Å². The Balaban J connectivity index is 2.77. The maximum absolute atomic E-state index is 4.25. The third kappa shape index (κ3) is 1.18. The molecule has 0 amide bonds. The van der Waals surface area contributed by atoms with E-state index in [0.717, 1.165) is 17.0 Å². The van der Waals surface area contributed by atoms with Gasteiger partial charge in [-0.2, -0.15) is 5.10 Å². The largest absolute Gasteiger partial charge is 0.239 e. The zero-order chi connectivity index (χ0) is 9.42. The summed E-state index contributed by atoms with van der Waals surface area (Å²) in [4.78, 5) is 8.45. The number of aryl methyl sites for hydroxylation is 1. The molecule has 0 aliphatic heterocycles. The van der Waals surface area contributed by atoms with Crippen LogP contribution in [0.5, 0.6) is 0 Å². The first-order chi connectivity index (χ1) is 6.20. The molecule has 0 aromatic carbocycles. The molecule has 0 aliphatic carbocycles. The Morgan fingerprint density at radius 1 is 1.31 bits per heavy atom. The van der Waals surface area contributed by atoms with Crippen molar-refractivity contribution in [2.24, 2.45) is 0 Å². The number of aromatic nitrogens is 4. The normalized spacial score (nSPS) is 11.4. The van der Waals surface area contributed by atoms with E-state index in [1.165, 1.54) is 0 Å². The smallest absolute Gasteiger partial charge is 0.136 e. The van der Waals surface area contributed by atoms with Gasteiger partial charge in [-0.3, -0.25) is 0 Å². The SMILES string of the molecule is Cc1ncc2c(C(C)C)ncnn12. The Morgan fingerprint density at radius 3 is 2.77 bits per heavy atom. The highest BCUT2D eigenvalue weighted by atomic mass is 15.3. The molecular weight excluding hydrogens is 164 g/mol. The van der Waals surface area contributed by atoms with E-state index in [4.69, 9.17) is 0 Å². The van der Waals surface area contributed by atoms with Gasteiger partial charge in [-0.1, -0.05) is 13.8 Å². The fourth-order valence-corrected chi connectivity index (χ4v) is 1.41. The fourth-order valence-electron chi connectivity index (χ4n) is 1.41. The van der Waals surface area contributed by atoms with Crippen molar-refractivity contribution in [1.82, 2.24) is 19.6 Å². The summed E-state index contributed by atoms with van der Waals surface area (Å²) in [6.07, 6.45) is 3.40. The minimum absolute atomic E-state index is 0.404. The molecule has 2 heterocycles. The maximum Gasteiger partial charge on any atom is 0.136 e. The molecule has 2 aromatic rings. The van der Waals surface area contributed by atoms with Gasteiger partial charge in [-0.05, 0) is 12.8 Å². The number of fused-ring (bicyclic) bond motifs is 1. The minimum Gasteiger partial charge on any atom is -0.239 e. The second-order valence-corrected chi connectivity index (χ2v) is 3.40. The highest BCUT2D eigenvalue weighted by Gasteiger charge is 2.09. The van der Waals surface area contributed by atoms with Crippen LogP contribution in [0.25, 0.3) is 5.52 Å². The van der Waals surface area contributed by atoms with Crippen LogP contribution in [0.3, 0.4) is 0 Å². The van der Waals surface area contributed by atoms with Crippen molar-refractivity contribution in [3.8, 4) is 0 Å². The molecule has 2 rings (SSSR count). The first-order valence-electron chi connectivity index (χ1n) is 4.35. The second-order valence-electron chi connectivity index (χ2n) is 3.40. The lowest BCUT2D eigenvalue weighted by Crippen LogP contribution is -2.01. The summed E-state index contributed by atoms with van der Waals surface area (Å²) >= 11 is 0. The molecule has 4 nitrogen and oxygen atoms in total. The van der Waals surface area contributed by atoms with Gasteiger partial charge in [0.1, 0.15) is 17.7 Å². The van der Waals surface area contributed by atoms with Crippen molar-refractivity contribution in [3.63, 3.8) is 0 Å². The van der Waals surface area contributed by atoms with E-state index in [2.05, 4.69) is 28.9 Å². The van der Waals surface area contributed by atoms with Gasteiger partial charge in [-0.15, -0.1) is 0 Å². The average molecular weight is 176 g/mol. The van der Waals surface area contributed by atoms with Crippen molar-refractivity contribution in [2.45, 2.75) is 26.7 Å². The number of rotatable bonds is 1. The Morgan fingerprint density at radius 2 is 2.08 bits per heavy atom. The quantitative estimate of drug-likeness (QED) is 0.662. The highest BCUT2D eigenvalue weighted by Crippen LogP contribution is 2.16. The van der Waals surface area contributed by atoms with Crippen molar-refractivity contribution in [1.29, 1.82) is 0 Å². The van der Waals surface area contributed by atoms with E-state index in [-0.39, 0.29) is 0 Å². The number of hydrogen-bond acceptors (Lipinski definition) is 3. The zero-order valence-corrected chi connectivity index (χ0v) is 8.02. The third-order valence-corrected chi connectivity index (χ3v) is 2.08. The van der Waals surface area contributed by atoms with Gasteiger partial charge >= 0.3 is 0 Å². The summed E-state index contributed by atoms with van der Waals surface area (Å²) in [5.41, 5.74) is 2.06. The average Bonchev–Trinajstić information content (AvgIpc) is 2.48. The molecule has 0 radical (unpaired) electrons. The molecule has 4 heteroatoms. The summed E-state index contributed by atoms with van der Waals surface area (Å²) < 4.78 is 1.82. The van der Waals surface area contributed by atoms with Crippen LogP contribution in [-0.2, 0) is 0 Å². The second kappa shape index (κ2) is 2.80. The van der Waals surface area contributed by atoms with Crippen LogP contribution < -0.4 is 0 Å². The van der Waals surface area contributed by atoms with E-state index in [1.807, 2.05) is 17.6 Å². The van der Waals surface area contributed by atoms with Gasteiger partial charge < -0.3 is 0 Å².